The van der Waals surface area contributed by atoms with Crippen LogP contribution in [-0.2, 0) is 10.0 Å². The molecule has 0 unspecified atom stereocenters. The van der Waals surface area contributed by atoms with Crippen LogP contribution in [-0.4, -0.2) is 15.5 Å². The van der Waals surface area contributed by atoms with E-state index >= 15 is 0 Å². The number of sulfonamides is 1. The van der Waals surface area contributed by atoms with Crippen LogP contribution in [0.15, 0.2) is 21.5 Å². The Morgan fingerprint density at radius 2 is 2.07 bits per heavy atom. The number of hydrogen-bond acceptors (Lipinski definition) is 3. The second kappa shape index (κ2) is 4.31. The molecule has 0 radical (unpaired) electrons. The average molecular weight is 289 g/mol. The van der Waals surface area contributed by atoms with Crippen LogP contribution in [0.1, 0.15) is 11.1 Å². The average Bonchev–Trinajstić information content (AvgIpc) is 2.21. The lowest BCUT2D eigenvalue weighted by Gasteiger charge is -2.08. The summed E-state index contributed by atoms with van der Waals surface area (Å²) in [6, 6.07) is 4.91. The standard InChI is InChI=1S/C9H9BrN2O2S/c1-6-7(5-11)9(4-3-8(6)10)15(13,14)12-2/h3-4,12H,1-2H3. The van der Waals surface area contributed by atoms with Crippen LogP contribution < -0.4 is 4.72 Å². The number of benzene rings is 1. The lowest BCUT2D eigenvalue weighted by molar-refractivity contribution is 0.588. The van der Waals surface area contributed by atoms with Gasteiger partial charge in [-0.3, -0.25) is 0 Å². The van der Waals surface area contributed by atoms with E-state index in [4.69, 9.17) is 5.26 Å². The summed E-state index contributed by atoms with van der Waals surface area (Å²) in [6.45, 7) is 1.69. The number of nitrogens with zero attached hydrogens (tertiary/aromatic N) is 1. The highest BCUT2D eigenvalue weighted by Gasteiger charge is 2.19. The topological polar surface area (TPSA) is 70.0 Å². The molecule has 1 aromatic rings. The fraction of sp³-hybridized carbons (Fsp3) is 0.222. The maximum absolute atomic E-state index is 11.6. The van der Waals surface area contributed by atoms with Gasteiger partial charge in [0, 0.05) is 4.47 Å². The summed E-state index contributed by atoms with van der Waals surface area (Å²) in [4.78, 5) is 0.00759. The molecule has 0 saturated carbocycles. The zero-order valence-corrected chi connectivity index (χ0v) is 10.6. The van der Waals surface area contributed by atoms with Crippen LogP contribution in [0.3, 0.4) is 0 Å². The smallest absolute Gasteiger partial charge is 0.214 e. The largest absolute Gasteiger partial charge is 0.241 e. The molecule has 0 aromatic heterocycles. The van der Waals surface area contributed by atoms with E-state index in [0.717, 1.165) is 0 Å². The predicted molar refractivity (Wildman–Crippen MR) is 59.8 cm³/mol. The third kappa shape index (κ3) is 2.20. The Morgan fingerprint density at radius 1 is 1.47 bits per heavy atom. The summed E-state index contributed by atoms with van der Waals surface area (Å²) in [5.74, 6) is 0. The lowest BCUT2D eigenvalue weighted by atomic mass is 10.1. The van der Waals surface area contributed by atoms with Crippen LogP contribution in [0.2, 0.25) is 0 Å². The Bertz CT molecular complexity index is 532. The quantitative estimate of drug-likeness (QED) is 0.897. The number of halogens is 1. The molecule has 0 amide bonds. The van der Waals surface area contributed by atoms with E-state index in [2.05, 4.69) is 20.7 Å². The van der Waals surface area contributed by atoms with E-state index in [1.807, 2.05) is 6.07 Å². The second-order valence-corrected chi connectivity index (χ2v) is 5.57. The molecule has 4 nitrogen and oxygen atoms in total. The molecular formula is C9H9BrN2O2S. The molecule has 6 heteroatoms. The van der Waals surface area contributed by atoms with Gasteiger partial charge in [0.2, 0.25) is 10.0 Å². The molecule has 1 aromatic carbocycles. The van der Waals surface area contributed by atoms with Gasteiger partial charge in [0.05, 0.1) is 5.56 Å². The van der Waals surface area contributed by atoms with Crippen LogP contribution in [0.4, 0.5) is 0 Å². The van der Waals surface area contributed by atoms with E-state index in [1.165, 1.54) is 13.1 Å². The van der Waals surface area contributed by atoms with E-state index in [1.54, 1.807) is 13.0 Å². The third-order valence-electron chi connectivity index (χ3n) is 2.03. The SMILES string of the molecule is CNS(=O)(=O)c1ccc(Br)c(C)c1C#N. The first-order valence-electron chi connectivity index (χ1n) is 4.06. The summed E-state index contributed by atoms with van der Waals surface area (Å²) in [5.41, 5.74) is 0.785. The van der Waals surface area contributed by atoms with Gasteiger partial charge in [-0.2, -0.15) is 5.26 Å². The van der Waals surface area contributed by atoms with Crippen molar-refractivity contribution in [2.24, 2.45) is 0 Å². The molecular weight excluding hydrogens is 280 g/mol. The van der Waals surface area contributed by atoms with Crippen molar-refractivity contribution < 1.29 is 8.42 Å². The van der Waals surface area contributed by atoms with Crippen molar-refractivity contribution in [2.45, 2.75) is 11.8 Å². The van der Waals surface area contributed by atoms with E-state index in [0.29, 0.717) is 10.0 Å². The molecule has 0 aliphatic heterocycles. The van der Waals surface area contributed by atoms with Crippen molar-refractivity contribution >= 4 is 26.0 Å². The fourth-order valence-corrected chi connectivity index (χ4v) is 2.40. The second-order valence-electron chi connectivity index (χ2n) is 2.86. The Hall–Kier alpha value is -0.900. The van der Waals surface area contributed by atoms with Crippen LogP contribution in [0.25, 0.3) is 0 Å². The van der Waals surface area contributed by atoms with Gasteiger partial charge in [-0.25, -0.2) is 13.1 Å². The zero-order chi connectivity index (χ0) is 11.6. The zero-order valence-electron chi connectivity index (χ0n) is 8.20. The number of nitriles is 1. The summed E-state index contributed by atoms with van der Waals surface area (Å²) in [5, 5.41) is 8.92. The van der Waals surface area contributed by atoms with E-state index < -0.39 is 10.0 Å². The van der Waals surface area contributed by atoms with Crippen LogP contribution >= 0.6 is 15.9 Å². The van der Waals surface area contributed by atoms with Gasteiger partial charge in [-0.15, -0.1) is 0 Å². The minimum atomic E-state index is -3.57. The lowest BCUT2D eigenvalue weighted by Crippen LogP contribution is -2.20. The molecule has 1 rings (SSSR count). The van der Waals surface area contributed by atoms with Crippen molar-refractivity contribution in [2.75, 3.05) is 7.05 Å². The van der Waals surface area contributed by atoms with E-state index in [-0.39, 0.29) is 10.5 Å². The van der Waals surface area contributed by atoms with Crippen molar-refractivity contribution in [1.82, 2.24) is 4.72 Å². The van der Waals surface area contributed by atoms with Crippen LogP contribution in [0, 0.1) is 18.3 Å². The number of hydrogen-bond donors (Lipinski definition) is 1. The van der Waals surface area contributed by atoms with Crippen molar-refractivity contribution in [3.8, 4) is 6.07 Å². The summed E-state index contributed by atoms with van der Waals surface area (Å²) in [6.07, 6.45) is 0. The highest BCUT2D eigenvalue weighted by atomic mass is 79.9. The first-order chi connectivity index (χ1) is 6.94. The fourth-order valence-electron chi connectivity index (χ4n) is 1.13. The molecule has 0 aliphatic carbocycles. The minimum absolute atomic E-state index is 0.00759. The Labute approximate surface area is 97.1 Å². The highest BCUT2D eigenvalue weighted by Crippen LogP contribution is 2.25. The summed E-state index contributed by atoms with van der Waals surface area (Å²) < 4.78 is 26.0. The summed E-state index contributed by atoms with van der Waals surface area (Å²) in [7, 11) is -2.26. The monoisotopic (exact) mass is 288 g/mol. The van der Waals surface area contributed by atoms with Gasteiger partial charge in [0.1, 0.15) is 11.0 Å². The first kappa shape index (κ1) is 12.2. The molecule has 80 valence electrons. The number of nitrogens with one attached hydrogen (secondary N) is 1. The Kier molecular flexibility index (Phi) is 3.50. The molecule has 1 N–H and O–H groups in total. The third-order valence-corrected chi connectivity index (χ3v) is 4.35. The van der Waals surface area contributed by atoms with Gasteiger partial charge in [-0.1, -0.05) is 15.9 Å². The predicted octanol–water partition coefficient (Wildman–Crippen LogP) is 1.54. The molecule has 0 fully saturated rings. The molecule has 0 aliphatic rings. The normalized spacial score (nSPS) is 11.1. The molecule has 0 bridgehead atoms. The minimum Gasteiger partial charge on any atom is -0.214 e. The molecule has 0 atom stereocenters. The molecule has 0 heterocycles. The van der Waals surface area contributed by atoms with Crippen LogP contribution in [0.5, 0.6) is 0 Å². The molecule has 0 saturated heterocycles. The molecule has 15 heavy (non-hydrogen) atoms. The van der Waals surface area contributed by atoms with Gasteiger partial charge < -0.3 is 0 Å². The maximum Gasteiger partial charge on any atom is 0.241 e. The Morgan fingerprint density at radius 3 is 2.53 bits per heavy atom. The van der Waals surface area contributed by atoms with Gasteiger partial charge in [-0.05, 0) is 31.7 Å². The van der Waals surface area contributed by atoms with E-state index in [9.17, 15) is 8.42 Å². The summed E-state index contributed by atoms with van der Waals surface area (Å²) >= 11 is 3.24. The number of rotatable bonds is 2. The van der Waals surface area contributed by atoms with Gasteiger partial charge in [0.15, 0.2) is 0 Å². The van der Waals surface area contributed by atoms with Crippen molar-refractivity contribution in [1.29, 1.82) is 5.26 Å². The van der Waals surface area contributed by atoms with Crippen molar-refractivity contribution in [3.05, 3.63) is 27.7 Å². The highest BCUT2D eigenvalue weighted by molar-refractivity contribution is 9.10. The van der Waals surface area contributed by atoms with Gasteiger partial charge in [0.25, 0.3) is 0 Å². The van der Waals surface area contributed by atoms with Gasteiger partial charge >= 0.3 is 0 Å². The first-order valence-corrected chi connectivity index (χ1v) is 6.34. The molecule has 0 spiro atoms. The maximum atomic E-state index is 11.6. The Balaban J connectivity index is 3.61. The van der Waals surface area contributed by atoms with Crippen molar-refractivity contribution in [3.63, 3.8) is 0 Å².